The Labute approximate surface area is 127 Å². The molecule has 0 aliphatic rings. The van der Waals surface area contributed by atoms with Gasteiger partial charge in [0.15, 0.2) is 0 Å². The van der Waals surface area contributed by atoms with Gasteiger partial charge in [0.05, 0.1) is 11.2 Å². The number of aryl methyl sites for hydroxylation is 1. The van der Waals surface area contributed by atoms with Gasteiger partial charge in [-0.15, -0.1) is 0 Å². The summed E-state index contributed by atoms with van der Waals surface area (Å²) in [5.41, 5.74) is 3.96. The van der Waals surface area contributed by atoms with Crippen LogP contribution < -0.4 is 0 Å². The van der Waals surface area contributed by atoms with E-state index in [1.807, 2.05) is 0 Å². The predicted octanol–water partition coefficient (Wildman–Crippen LogP) is 4.66. The van der Waals surface area contributed by atoms with Gasteiger partial charge in [-0.1, -0.05) is 43.2 Å². The summed E-state index contributed by atoms with van der Waals surface area (Å²) < 4.78 is 1.74. The van der Waals surface area contributed by atoms with E-state index >= 15 is 0 Å². The van der Waals surface area contributed by atoms with Gasteiger partial charge >= 0.3 is 0 Å². The Morgan fingerprint density at radius 2 is 1.76 bits per heavy atom. The van der Waals surface area contributed by atoms with Gasteiger partial charge in [0.1, 0.15) is 0 Å². The van der Waals surface area contributed by atoms with Crippen molar-refractivity contribution in [1.29, 1.82) is 0 Å². The van der Waals surface area contributed by atoms with Crippen molar-refractivity contribution in [2.45, 2.75) is 59.4 Å². The summed E-state index contributed by atoms with van der Waals surface area (Å²) in [4.78, 5) is 0. The molecule has 0 unspecified atom stereocenters. The largest absolute Gasteiger partial charge is 0.493 e. The number of hydrogen-bond acceptors (Lipinski definition) is 2. The molecule has 0 amide bonds. The van der Waals surface area contributed by atoms with Gasteiger partial charge in [-0.05, 0) is 40.5 Å². The Morgan fingerprint density at radius 1 is 1.14 bits per heavy atom. The van der Waals surface area contributed by atoms with Crippen LogP contribution in [-0.4, -0.2) is 14.9 Å². The average molecular weight is 286 g/mol. The molecule has 0 saturated heterocycles. The number of rotatable bonds is 4. The van der Waals surface area contributed by atoms with Crippen molar-refractivity contribution < 1.29 is 5.11 Å². The molecule has 1 aromatic heterocycles. The molecule has 2 rings (SSSR count). The number of aromatic hydroxyl groups is 1. The first-order chi connectivity index (χ1) is 9.84. The SMILES string of the molecule is CCCCc1c(-c2ccc(C)cc2)nn(C(C)(C)C)c1O. The second kappa shape index (κ2) is 5.92. The zero-order chi connectivity index (χ0) is 15.6. The number of nitrogens with zero attached hydrogens (tertiary/aromatic N) is 2. The Hall–Kier alpha value is -1.77. The normalized spacial score (nSPS) is 11.9. The van der Waals surface area contributed by atoms with Crippen molar-refractivity contribution >= 4 is 0 Å². The average Bonchev–Trinajstić information content (AvgIpc) is 2.74. The van der Waals surface area contributed by atoms with Crippen LogP contribution in [0.25, 0.3) is 11.3 Å². The lowest BCUT2D eigenvalue weighted by molar-refractivity contribution is 0.293. The van der Waals surface area contributed by atoms with Crippen LogP contribution in [0, 0.1) is 6.92 Å². The van der Waals surface area contributed by atoms with E-state index in [1.54, 1.807) is 4.68 Å². The summed E-state index contributed by atoms with van der Waals surface area (Å²) in [6.07, 6.45) is 3.03. The van der Waals surface area contributed by atoms with Gasteiger partial charge in [0.2, 0.25) is 5.88 Å². The predicted molar refractivity (Wildman–Crippen MR) is 87.7 cm³/mol. The highest BCUT2D eigenvalue weighted by atomic mass is 16.3. The van der Waals surface area contributed by atoms with Crippen molar-refractivity contribution in [3.05, 3.63) is 35.4 Å². The Bertz CT molecular complexity index is 603. The van der Waals surface area contributed by atoms with Crippen LogP contribution in [0.4, 0.5) is 0 Å². The van der Waals surface area contributed by atoms with Gasteiger partial charge in [-0.25, -0.2) is 4.68 Å². The minimum atomic E-state index is -0.228. The number of aromatic nitrogens is 2. The molecule has 0 spiro atoms. The minimum absolute atomic E-state index is 0.228. The molecule has 0 bridgehead atoms. The van der Waals surface area contributed by atoms with E-state index in [2.05, 4.69) is 58.9 Å². The van der Waals surface area contributed by atoms with Crippen LogP contribution in [0.2, 0.25) is 0 Å². The maximum Gasteiger partial charge on any atom is 0.213 e. The van der Waals surface area contributed by atoms with E-state index in [1.165, 1.54) is 5.56 Å². The first kappa shape index (κ1) is 15.6. The molecule has 0 aliphatic heterocycles. The third-order valence-corrected chi connectivity index (χ3v) is 3.70. The van der Waals surface area contributed by atoms with Crippen molar-refractivity contribution in [2.24, 2.45) is 0 Å². The summed E-state index contributed by atoms with van der Waals surface area (Å²) in [5, 5.41) is 15.3. The van der Waals surface area contributed by atoms with E-state index in [9.17, 15) is 5.11 Å². The van der Waals surface area contributed by atoms with Crippen LogP contribution in [0.3, 0.4) is 0 Å². The number of hydrogen-bond donors (Lipinski definition) is 1. The molecular weight excluding hydrogens is 260 g/mol. The fourth-order valence-corrected chi connectivity index (χ4v) is 2.44. The lowest BCUT2D eigenvalue weighted by Crippen LogP contribution is -2.22. The first-order valence-corrected chi connectivity index (χ1v) is 7.73. The zero-order valence-electron chi connectivity index (χ0n) is 13.8. The third kappa shape index (κ3) is 3.29. The Morgan fingerprint density at radius 3 is 2.29 bits per heavy atom. The zero-order valence-corrected chi connectivity index (χ0v) is 13.8. The highest BCUT2D eigenvalue weighted by Crippen LogP contribution is 2.34. The highest BCUT2D eigenvalue weighted by molar-refractivity contribution is 5.65. The Kier molecular flexibility index (Phi) is 4.40. The van der Waals surface area contributed by atoms with E-state index < -0.39 is 0 Å². The molecule has 3 nitrogen and oxygen atoms in total. The lowest BCUT2D eigenvalue weighted by Gasteiger charge is -2.20. The molecule has 0 fully saturated rings. The lowest BCUT2D eigenvalue weighted by atomic mass is 10.0. The molecule has 0 aliphatic carbocycles. The van der Waals surface area contributed by atoms with E-state index in [-0.39, 0.29) is 5.54 Å². The summed E-state index contributed by atoms with van der Waals surface area (Å²) in [6.45, 7) is 10.4. The van der Waals surface area contributed by atoms with Gasteiger partial charge in [-0.2, -0.15) is 5.10 Å². The Balaban J connectivity index is 2.55. The highest BCUT2D eigenvalue weighted by Gasteiger charge is 2.24. The molecule has 3 heteroatoms. The van der Waals surface area contributed by atoms with Crippen LogP contribution in [0.5, 0.6) is 5.88 Å². The molecule has 1 heterocycles. The van der Waals surface area contributed by atoms with Crippen molar-refractivity contribution in [1.82, 2.24) is 9.78 Å². The van der Waals surface area contributed by atoms with Crippen LogP contribution in [0.15, 0.2) is 24.3 Å². The quantitative estimate of drug-likeness (QED) is 0.887. The van der Waals surface area contributed by atoms with Crippen LogP contribution >= 0.6 is 0 Å². The molecule has 0 saturated carbocycles. The summed E-state index contributed by atoms with van der Waals surface area (Å²) >= 11 is 0. The molecule has 21 heavy (non-hydrogen) atoms. The molecule has 114 valence electrons. The van der Waals surface area contributed by atoms with Gasteiger partial charge in [-0.3, -0.25) is 0 Å². The molecule has 1 N–H and O–H groups in total. The smallest absolute Gasteiger partial charge is 0.213 e. The van der Waals surface area contributed by atoms with E-state index in [0.29, 0.717) is 5.88 Å². The van der Waals surface area contributed by atoms with Crippen LogP contribution in [0.1, 0.15) is 51.7 Å². The maximum absolute atomic E-state index is 10.6. The van der Waals surface area contributed by atoms with Gasteiger partial charge in [0, 0.05) is 11.1 Å². The second-order valence-corrected chi connectivity index (χ2v) is 6.70. The van der Waals surface area contributed by atoms with E-state index in [0.717, 1.165) is 36.1 Å². The standard InChI is InChI=1S/C18H26N2O/c1-6-7-8-15-16(14-11-9-13(2)10-12-14)19-20(17(15)21)18(3,4)5/h9-12,21H,6-8H2,1-5H3. The topological polar surface area (TPSA) is 38.0 Å². The van der Waals surface area contributed by atoms with Crippen LogP contribution in [-0.2, 0) is 12.0 Å². The minimum Gasteiger partial charge on any atom is -0.493 e. The van der Waals surface area contributed by atoms with Crippen molar-refractivity contribution in [3.63, 3.8) is 0 Å². The second-order valence-electron chi connectivity index (χ2n) is 6.70. The molecule has 2 aromatic rings. The molecular formula is C18H26N2O. The monoisotopic (exact) mass is 286 g/mol. The van der Waals surface area contributed by atoms with E-state index in [4.69, 9.17) is 5.10 Å². The molecule has 0 radical (unpaired) electrons. The molecule has 0 atom stereocenters. The third-order valence-electron chi connectivity index (χ3n) is 3.70. The van der Waals surface area contributed by atoms with Crippen molar-refractivity contribution in [2.75, 3.05) is 0 Å². The molecule has 1 aromatic carbocycles. The fraction of sp³-hybridized carbons (Fsp3) is 0.500. The van der Waals surface area contributed by atoms with Gasteiger partial charge in [0.25, 0.3) is 0 Å². The number of benzene rings is 1. The number of unbranched alkanes of at least 4 members (excludes halogenated alkanes) is 1. The summed E-state index contributed by atoms with van der Waals surface area (Å²) in [6, 6.07) is 8.34. The summed E-state index contributed by atoms with van der Waals surface area (Å²) in [5.74, 6) is 0.312. The maximum atomic E-state index is 10.6. The first-order valence-electron chi connectivity index (χ1n) is 7.73. The fourth-order valence-electron chi connectivity index (χ4n) is 2.44. The van der Waals surface area contributed by atoms with Crippen molar-refractivity contribution in [3.8, 4) is 17.1 Å². The van der Waals surface area contributed by atoms with Gasteiger partial charge < -0.3 is 5.11 Å². The summed E-state index contributed by atoms with van der Waals surface area (Å²) in [7, 11) is 0.